The number of hydrogen-bond acceptors (Lipinski definition) is 4. The highest BCUT2D eigenvalue weighted by molar-refractivity contribution is 7.89. The summed E-state index contributed by atoms with van der Waals surface area (Å²) in [6.45, 7) is 9.55. The maximum Gasteiger partial charge on any atom is 0.249 e. The maximum atomic E-state index is 13.9. The Balaban J connectivity index is 2.02. The van der Waals surface area contributed by atoms with Crippen LogP contribution in [0.25, 0.3) is 0 Å². The number of rotatable bonds is 7. The summed E-state index contributed by atoms with van der Waals surface area (Å²) in [5, 5.41) is 0. The van der Waals surface area contributed by atoms with Crippen LogP contribution >= 0.6 is 0 Å². The summed E-state index contributed by atoms with van der Waals surface area (Å²) in [6.07, 6.45) is 0. The Morgan fingerprint density at radius 3 is 2.19 bits per heavy atom. The van der Waals surface area contributed by atoms with Crippen molar-refractivity contribution in [2.75, 3.05) is 45.8 Å². The van der Waals surface area contributed by atoms with Crippen LogP contribution in [0.4, 0.5) is 8.78 Å². The number of piperazine rings is 1. The van der Waals surface area contributed by atoms with Gasteiger partial charge in [-0.3, -0.25) is 9.69 Å². The molecule has 0 N–H and O–H groups in total. The van der Waals surface area contributed by atoms with Crippen molar-refractivity contribution < 1.29 is 22.0 Å². The van der Waals surface area contributed by atoms with Gasteiger partial charge in [0.15, 0.2) is 4.90 Å². The standard InChI is InChI=1S/C18H25F2N3O3S/c1-4-21(12-14(2)3)13-17(24)22-8-10-23(11-9-22)27(25,26)18-15(19)6-5-7-16(18)20/h5-7H,2,4,8-13H2,1,3H3. The van der Waals surface area contributed by atoms with E-state index in [-0.39, 0.29) is 38.6 Å². The van der Waals surface area contributed by atoms with Gasteiger partial charge < -0.3 is 4.90 Å². The van der Waals surface area contributed by atoms with Gasteiger partial charge in [-0.1, -0.05) is 25.1 Å². The molecule has 0 saturated carbocycles. The van der Waals surface area contributed by atoms with Crippen molar-refractivity contribution in [3.8, 4) is 0 Å². The van der Waals surface area contributed by atoms with Gasteiger partial charge in [-0.15, -0.1) is 0 Å². The molecule has 1 aromatic rings. The highest BCUT2D eigenvalue weighted by Crippen LogP contribution is 2.23. The van der Waals surface area contributed by atoms with Gasteiger partial charge in [-0.05, 0) is 25.6 Å². The predicted octanol–water partition coefficient (Wildman–Crippen LogP) is 1.70. The normalized spacial score (nSPS) is 16.0. The molecule has 1 aliphatic rings. The lowest BCUT2D eigenvalue weighted by Crippen LogP contribution is -2.52. The number of benzene rings is 1. The summed E-state index contributed by atoms with van der Waals surface area (Å²) in [7, 11) is -4.29. The number of halogens is 2. The van der Waals surface area contributed by atoms with Crippen LogP contribution in [0.15, 0.2) is 35.2 Å². The summed E-state index contributed by atoms with van der Waals surface area (Å²) in [6, 6.07) is 2.94. The Kier molecular flexibility index (Phi) is 7.07. The zero-order valence-corrected chi connectivity index (χ0v) is 16.4. The van der Waals surface area contributed by atoms with Crippen molar-refractivity contribution in [1.29, 1.82) is 0 Å². The topological polar surface area (TPSA) is 60.9 Å². The Morgan fingerprint density at radius 2 is 1.70 bits per heavy atom. The molecule has 0 aliphatic carbocycles. The second kappa shape index (κ2) is 8.90. The molecule has 0 atom stereocenters. The first kappa shape index (κ1) is 21.5. The largest absolute Gasteiger partial charge is 0.339 e. The molecule has 0 bridgehead atoms. The molecule has 0 unspecified atom stereocenters. The van der Waals surface area contributed by atoms with Gasteiger partial charge in [-0.2, -0.15) is 4.31 Å². The van der Waals surface area contributed by atoms with Crippen LogP contribution in [0, 0.1) is 11.6 Å². The zero-order valence-electron chi connectivity index (χ0n) is 15.6. The molecular formula is C18H25F2N3O3S. The van der Waals surface area contributed by atoms with Crippen molar-refractivity contribution in [2.45, 2.75) is 18.7 Å². The Bertz CT molecular complexity index is 786. The van der Waals surface area contributed by atoms with Crippen LogP contribution in [0.2, 0.25) is 0 Å². The van der Waals surface area contributed by atoms with E-state index in [0.29, 0.717) is 13.1 Å². The summed E-state index contributed by atoms with van der Waals surface area (Å²) in [4.78, 5) is 15.0. The third-order valence-electron chi connectivity index (χ3n) is 4.41. The van der Waals surface area contributed by atoms with E-state index < -0.39 is 26.6 Å². The van der Waals surface area contributed by atoms with E-state index in [1.54, 1.807) is 4.90 Å². The zero-order chi connectivity index (χ0) is 20.2. The van der Waals surface area contributed by atoms with Crippen molar-refractivity contribution in [1.82, 2.24) is 14.1 Å². The molecule has 1 aromatic carbocycles. The number of sulfonamides is 1. The average molecular weight is 401 g/mol. The van der Waals surface area contributed by atoms with Crippen LogP contribution in [0.3, 0.4) is 0 Å². The van der Waals surface area contributed by atoms with Crippen molar-refractivity contribution in [3.63, 3.8) is 0 Å². The van der Waals surface area contributed by atoms with Crippen molar-refractivity contribution in [3.05, 3.63) is 42.0 Å². The van der Waals surface area contributed by atoms with Gasteiger partial charge in [-0.25, -0.2) is 17.2 Å². The monoisotopic (exact) mass is 401 g/mol. The molecule has 0 radical (unpaired) electrons. The van der Waals surface area contributed by atoms with E-state index in [2.05, 4.69) is 6.58 Å². The van der Waals surface area contributed by atoms with Crippen LogP contribution in [0.1, 0.15) is 13.8 Å². The van der Waals surface area contributed by atoms with Gasteiger partial charge in [0.25, 0.3) is 0 Å². The molecule has 27 heavy (non-hydrogen) atoms. The fraction of sp³-hybridized carbons (Fsp3) is 0.500. The lowest BCUT2D eigenvalue weighted by molar-refractivity contribution is -0.133. The van der Waals surface area contributed by atoms with Gasteiger partial charge >= 0.3 is 0 Å². The molecule has 1 fully saturated rings. The lowest BCUT2D eigenvalue weighted by atomic mass is 10.3. The summed E-state index contributed by atoms with van der Waals surface area (Å²) >= 11 is 0. The number of hydrogen-bond donors (Lipinski definition) is 0. The third-order valence-corrected chi connectivity index (χ3v) is 6.36. The summed E-state index contributed by atoms with van der Waals surface area (Å²) in [5.74, 6) is -2.34. The van der Waals surface area contributed by atoms with Gasteiger partial charge in [0.2, 0.25) is 15.9 Å². The summed E-state index contributed by atoms with van der Waals surface area (Å²) < 4.78 is 53.9. The third kappa shape index (κ3) is 5.12. The highest BCUT2D eigenvalue weighted by atomic mass is 32.2. The van der Waals surface area contributed by atoms with Crippen LogP contribution in [-0.4, -0.2) is 74.2 Å². The first-order chi connectivity index (χ1) is 12.7. The van der Waals surface area contributed by atoms with Crippen LogP contribution in [0.5, 0.6) is 0 Å². The molecule has 2 rings (SSSR count). The molecule has 1 saturated heterocycles. The number of nitrogens with zero attached hydrogens (tertiary/aromatic N) is 3. The van der Waals surface area contributed by atoms with E-state index >= 15 is 0 Å². The SMILES string of the molecule is C=C(C)CN(CC)CC(=O)N1CCN(S(=O)(=O)c2c(F)cccc2F)CC1. The number of carbonyl (C=O) groups is 1. The van der Waals surface area contributed by atoms with E-state index in [4.69, 9.17) is 0 Å². The molecule has 1 amide bonds. The van der Waals surface area contributed by atoms with E-state index in [1.807, 2.05) is 18.7 Å². The Hall–Kier alpha value is -1.84. The molecule has 1 aliphatic heterocycles. The predicted molar refractivity (Wildman–Crippen MR) is 98.6 cm³/mol. The van der Waals surface area contributed by atoms with Crippen LogP contribution in [-0.2, 0) is 14.8 Å². The van der Waals surface area contributed by atoms with Crippen molar-refractivity contribution >= 4 is 15.9 Å². The minimum Gasteiger partial charge on any atom is -0.339 e. The smallest absolute Gasteiger partial charge is 0.249 e. The van der Waals surface area contributed by atoms with Crippen LogP contribution < -0.4 is 0 Å². The highest BCUT2D eigenvalue weighted by Gasteiger charge is 2.34. The van der Waals surface area contributed by atoms with Gasteiger partial charge in [0.1, 0.15) is 11.6 Å². The fourth-order valence-corrected chi connectivity index (χ4v) is 4.52. The minimum absolute atomic E-state index is 0.00550. The van der Waals surface area contributed by atoms with E-state index in [1.165, 1.54) is 0 Å². The maximum absolute atomic E-state index is 13.9. The first-order valence-electron chi connectivity index (χ1n) is 8.75. The second-order valence-electron chi connectivity index (χ2n) is 6.60. The van der Waals surface area contributed by atoms with E-state index in [0.717, 1.165) is 28.1 Å². The van der Waals surface area contributed by atoms with Gasteiger partial charge in [0.05, 0.1) is 6.54 Å². The molecular weight excluding hydrogens is 376 g/mol. The Labute approximate surface area is 159 Å². The minimum atomic E-state index is -4.29. The lowest BCUT2D eigenvalue weighted by Gasteiger charge is -2.35. The molecule has 6 nitrogen and oxygen atoms in total. The number of carbonyl (C=O) groups excluding carboxylic acids is 1. The molecule has 150 valence electrons. The van der Waals surface area contributed by atoms with Crippen molar-refractivity contribution in [2.24, 2.45) is 0 Å². The molecule has 1 heterocycles. The van der Waals surface area contributed by atoms with Gasteiger partial charge in [0, 0.05) is 32.7 Å². The van der Waals surface area contributed by atoms with E-state index in [9.17, 15) is 22.0 Å². The molecule has 0 aromatic heterocycles. The first-order valence-corrected chi connectivity index (χ1v) is 10.2. The Morgan fingerprint density at radius 1 is 1.15 bits per heavy atom. The number of likely N-dealkylation sites (N-methyl/N-ethyl adjacent to an activating group) is 1. The average Bonchev–Trinajstić information content (AvgIpc) is 2.60. The molecule has 9 heteroatoms. The fourth-order valence-electron chi connectivity index (χ4n) is 2.99. The second-order valence-corrected chi connectivity index (χ2v) is 8.47. The quantitative estimate of drug-likeness (QED) is 0.653. The molecule has 0 spiro atoms. The summed E-state index contributed by atoms with van der Waals surface area (Å²) in [5.41, 5.74) is 0.951. The number of amides is 1.